The van der Waals surface area contributed by atoms with Crippen LogP contribution in [0.3, 0.4) is 0 Å². The van der Waals surface area contributed by atoms with E-state index in [1.807, 2.05) is 22.9 Å². The van der Waals surface area contributed by atoms with Crippen molar-refractivity contribution in [3.8, 4) is 0 Å². The number of hydrogen-bond acceptors (Lipinski definition) is 9. The van der Waals surface area contributed by atoms with Crippen molar-refractivity contribution in [3.63, 3.8) is 0 Å². The molecule has 0 saturated heterocycles. The molecule has 0 amide bonds. The van der Waals surface area contributed by atoms with E-state index in [0.717, 1.165) is 45.4 Å². The van der Waals surface area contributed by atoms with E-state index < -0.39 is 23.5 Å². The van der Waals surface area contributed by atoms with Crippen molar-refractivity contribution in [2.45, 2.75) is 44.3 Å². The predicted molar refractivity (Wildman–Crippen MR) is 174 cm³/mol. The van der Waals surface area contributed by atoms with Gasteiger partial charge in [0, 0.05) is 26.2 Å². The Bertz CT molecular complexity index is 1980. The Hall–Kier alpha value is -4.50. The summed E-state index contributed by atoms with van der Waals surface area (Å²) in [6, 6.07) is 15.3. The number of alkyl halides is 6. The average Bonchev–Trinajstić information content (AvgIpc) is 3.49. The maximum Gasteiger partial charge on any atom is 0.416 e. The molecular formula is C32H27F6N7S2. The largest absolute Gasteiger partial charge is 0.416 e. The molecular weight excluding hydrogens is 661 g/mol. The first-order chi connectivity index (χ1) is 22.5. The molecule has 7 nitrogen and oxygen atoms in total. The smallest absolute Gasteiger partial charge is 0.365 e. The molecule has 2 N–H and O–H groups in total. The van der Waals surface area contributed by atoms with E-state index in [9.17, 15) is 26.3 Å². The lowest BCUT2D eigenvalue weighted by Gasteiger charge is -2.21. The van der Waals surface area contributed by atoms with Gasteiger partial charge >= 0.3 is 12.4 Å². The topological polar surface area (TPSA) is 78.9 Å². The molecule has 0 spiro atoms. The van der Waals surface area contributed by atoms with Gasteiger partial charge in [-0.3, -0.25) is 0 Å². The van der Waals surface area contributed by atoms with E-state index in [-0.39, 0.29) is 24.2 Å². The monoisotopic (exact) mass is 687 g/mol. The van der Waals surface area contributed by atoms with Crippen molar-refractivity contribution in [1.82, 2.24) is 19.9 Å². The van der Waals surface area contributed by atoms with Crippen LogP contribution in [0.1, 0.15) is 35.1 Å². The zero-order valence-electron chi connectivity index (χ0n) is 24.7. The third kappa shape index (κ3) is 7.73. The van der Waals surface area contributed by atoms with Crippen molar-refractivity contribution < 1.29 is 26.3 Å². The van der Waals surface area contributed by atoms with Crippen LogP contribution in [-0.2, 0) is 25.4 Å². The molecule has 47 heavy (non-hydrogen) atoms. The molecule has 6 aromatic rings. The fraction of sp³-hybridized carbons (Fsp3) is 0.250. The van der Waals surface area contributed by atoms with Crippen molar-refractivity contribution in [2.24, 2.45) is 0 Å². The molecule has 1 aliphatic carbocycles. The Morgan fingerprint density at radius 2 is 1.38 bits per heavy atom. The quantitative estimate of drug-likeness (QED) is 0.155. The average molecular weight is 688 g/mol. The van der Waals surface area contributed by atoms with E-state index in [4.69, 9.17) is 0 Å². The van der Waals surface area contributed by atoms with Crippen LogP contribution >= 0.6 is 22.7 Å². The molecule has 1 fully saturated rings. The summed E-state index contributed by atoms with van der Waals surface area (Å²) in [4.78, 5) is 19.0. The number of thiophene rings is 2. The molecule has 0 atom stereocenters. The highest BCUT2D eigenvalue weighted by Crippen LogP contribution is 2.35. The molecule has 4 heterocycles. The third-order valence-corrected chi connectivity index (χ3v) is 9.11. The second kappa shape index (κ2) is 13.3. The standard InChI is InChI=1S/C17H15F3N4S.C15H12F3N3S/c18-17(19,20)12-4-2-1-3-10(12)9-21-15-14-13(7-8-25-14)23-16(24-15)22-11-5-6-11;1-21(14-13-12(6-7-22-13)19-9-20-14)8-10-4-2-3-5-11(10)15(16,17)18/h1-4,7-8,11H,5-6,9H2,(H2,21,22,23,24);2-7,9H,8H2,1H3. The molecule has 0 unspecified atom stereocenters. The first kappa shape index (κ1) is 32.4. The zero-order chi connectivity index (χ0) is 33.2. The molecule has 2 aromatic carbocycles. The summed E-state index contributed by atoms with van der Waals surface area (Å²) in [5, 5.41) is 10.1. The molecule has 244 valence electrons. The minimum atomic E-state index is -4.37. The maximum absolute atomic E-state index is 13.1. The van der Waals surface area contributed by atoms with Crippen LogP contribution in [0.25, 0.3) is 20.4 Å². The van der Waals surface area contributed by atoms with Crippen molar-refractivity contribution in [1.29, 1.82) is 0 Å². The number of aromatic nitrogens is 4. The Morgan fingerprint density at radius 3 is 2.06 bits per heavy atom. The number of hydrogen-bond donors (Lipinski definition) is 2. The van der Waals surface area contributed by atoms with Crippen LogP contribution < -0.4 is 15.5 Å². The molecule has 15 heteroatoms. The van der Waals surface area contributed by atoms with Gasteiger partial charge in [-0.15, -0.1) is 22.7 Å². The highest BCUT2D eigenvalue weighted by Gasteiger charge is 2.34. The molecule has 4 aromatic heterocycles. The van der Waals surface area contributed by atoms with Gasteiger partial charge in [0.15, 0.2) is 0 Å². The number of nitrogens with zero attached hydrogens (tertiary/aromatic N) is 5. The lowest BCUT2D eigenvalue weighted by molar-refractivity contribution is -0.139. The van der Waals surface area contributed by atoms with Crippen LogP contribution in [-0.4, -0.2) is 33.0 Å². The summed E-state index contributed by atoms with van der Waals surface area (Å²) < 4.78 is 80.3. The molecule has 1 aliphatic rings. The molecule has 0 aliphatic heterocycles. The van der Waals surface area contributed by atoms with Gasteiger partial charge in [0.25, 0.3) is 0 Å². The van der Waals surface area contributed by atoms with Gasteiger partial charge in [-0.25, -0.2) is 15.0 Å². The third-order valence-electron chi connectivity index (χ3n) is 7.30. The number of fused-ring (bicyclic) bond motifs is 2. The number of rotatable bonds is 8. The van der Waals surface area contributed by atoms with Gasteiger partial charge in [-0.2, -0.15) is 31.3 Å². The number of nitrogens with one attached hydrogen (secondary N) is 2. The highest BCUT2D eigenvalue weighted by molar-refractivity contribution is 7.18. The van der Waals surface area contributed by atoms with Gasteiger partial charge in [-0.05, 0) is 59.0 Å². The number of benzene rings is 2. The normalized spacial score (nSPS) is 13.3. The van der Waals surface area contributed by atoms with Crippen LogP contribution in [0.4, 0.5) is 43.9 Å². The number of anilines is 3. The summed E-state index contributed by atoms with van der Waals surface area (Å²) >= 11 is 2.94. The Kier molecular flexibility index (Phi) is 9.19. The molecule has 1 saturated carbocycles. The summed E-state index contributed by atoms with van der Waals surface area (Å²) in [6.07, 6.45) is -5.13. The summed E-state index contributed by atoms with van der Waals surface area (Å²) in [6.45, 7) is 0.169. The molecule has 0 radical (unpaired) electrons. The first-order valence-electron chi connectivity index (χ1n) is 14.4. The van der Waals surface area contributed by atoms with Gasteiger partial charge in [0.2, 0.25) is 5.95 Å². The van der Waals surface area contributed by atoms with E-state index in [0.29, 0.717) is 23.6 Å². The Morgan fingerprint density at radius 1 is 0.766 bits per heavy atom. The van der Waals surface area contributed by atoms with Crippen molar-refractivity contribution >= 4 is 60.7 Å². The summed E-state index contributed by atoms with van der Waals surface area (Å²) in [7, 11) is 1.73. The maximum atomic E-state index is 13.1. The van der Waals surface area contributed by atoms with Crippen LogP contribution in [0, 0.1) is 0 Å². The lowest BCUT2D eigenvalue weighted by atomic mass is 10.1. The van der Waals surface area contributed by atoms with E-state index in [1.165, 1.54) is 53.3 Å². The lowest BCUT2D eigenvalue weighted by Crippen LogP contribution is -2.20. The van der Waals surface area contributed by atoms with E-state index in [1.54, 1.807) is 24.1 Å². The van der Waals surface area contributed by atoms with Gasteiger partial charge in [0.1, 0.15) is 18.0 Å². The first-order valence-corrected chi connectivity index (χ1v) is 16.2. The van der Waals surface area contributed by atoms with Crippen LogP contribution in [0.15, 0.2) is 77.8 Å². The van der Waals surface area contributed by atoms with Crippen molar-refractivity contribution in [3.05, 3.63) is 100 Å². The molecule has 7 rings (SSSR count). The van der Waals surface area contributed by atoms with Crippen LogP contribution in [0.2, 0.25) is 0 Å². The predicted octanol–water partition coefficient (Wildman–Crippen LogP) is 9.24. The SMILES string of the molecule is CN(Cc1ccccc1C(F)(F)F)c1ncnc2ccsc12.FC(F)(F)c1ccccc1CNc1nc(NC2CC2)nc2ccsc12. The van der Waals surface area contributed by atoms with Gasteiger partial charge < -0.3 is 15.5 Å². The van der Waals surface area contributed by atoms with Crippen molar-refractivity contribution in [2.75, 3.05) is 22.6 Å². The Balaban J connectivity index is 0.000000166. The van der Waals surface area contributed by atoms with Gasteiger partial charge in [0.05, 0.1) is 31.6 Å². The number of halogens is 6. The summed E-state index contributed by atoms with van der Waals surface area (Å²) in [5.74, 6) is 1.71. The summed E-state index contributed by atoms with van der Waals surface area (Å²) in [5.41, 5.74) is 0.755. The second-order valence-electron chi connectivity index (χ2n) is 10.8. The van der Waals surface area contributed by atoms with E-state index >= 15 is 0 Å². The fourth-order valence-corrected chi connectivity index (χ4v) is 6.59. The van der Waals surface area contributed by atoms with Gasteiger partial charge in [-0.1, -0.05) is 36.4 Å². The van der Waals surface area contributed by atoms with Crippen LogP contribution in [0.5, 0.6) is 0 Å². The highest BCUT2D eigenvalue weighted by atomic mass is 32.1. The second-order valence-corrected chi connectivity index (χ2v) is 12.6. The fourth-order valence-electron chi connectivity index (χ4n) is 4.90. The van der Waals surface area contributed by atoms with E-state index in [2.05, 4.69) is 30.6 Å². The zero-order valence-corrected chi connectivity index (χ0v) is 26.4. The molecule has 0 bridgehead atoms. The minimum absolute atomic E-state index is 0.0442. The minimum Gasteiger partial charge on any atom is -0.365 e. The Labute approximate surface area is 273 Å².